The summed E-state index contributed by atoms with van der Waals surface area (Å²) in [5, 5.41) is 11.5. The first-order valence-corrected chi connectivity index (χ1v) is 6.88. The Balaban J connectivity index is 2.72. The normalized spacial score (nSPS) is 13.1. The summed E-state index contributed by atoms with van der Waals surface area (Å²) in [7, 11) is 1.44. The van der Waals surface area contributed by atoms with Gasteiger partial charge in [-0.1, -0.05) is 13.0 Å². The Hall–Kier alpha value is -2.24. The highest BCUT2D eigenvalue weighted by Crippen LogP contribution is 2.19. The number of carbonyl (C=O) groups excluding carboxylic acids is 1. The van der Waals surface area contributed by atoms with Crippen LogP contribution in [0.4, 0.5) is 10.5 Å². The molecule has 0 heterocycles. The third-order valence-electron chi connectivity index (χ3n) is 3.26. The number of aliphatic carboxylic acids is 1. The van der Waals surface area contributed by atoms with Crippen LogP contribution < -0.4 is 10.1 Å². The zero-order valence-corrected chi connectivity index (χ0v) is 12.8. The summed E-state index contributed by atoms with van der Waals surface area (Å²) in [5.41, 5.74) is 0.560. The second kappa shape index (κ2) is 7.52. The van der Waals surface area contributed by atoms with Gasteiger partial charge in [-0.2, -0.15) is 0 Å². The van der Waals surface area contributed by atoms with Crippen molar-refractivity contribution >= 4 is 17.7 Å². The molecule has 0 aromatic heterocycles. The molecule has 0 saturated carbocycles. The molecule has 0 aliphatic heterocycles. The van der Waals surface area contributed by atoms with E-state index in [4.69, 9.17) is 9.84 Å². The Labute approximate surface area is 124 Å². The van der Waals surface area contributed by atoms with Crippen LogP contribution in [0.2, 0.25) is 0 Å². The van der Waals surface area contributed by atoms with Gasteiger partial charge in [0.25, 0.3) is 0 Å². The van der Waals surface area contributed by atoms with Crippen LogP contribution in [-0.2, 0) is 4.79 Å². The van der Waals surface area contributed by atoms with Crippen LogP contribution in [0.1, 0.15) is 27.2 Å². The van der Waals surface area contributed by atoms with Gasteiger partial charge >= 0.3 is 12.0 Å². The molecule has 2 amide bonds. The van der Waals surface area contributed by atoms with Crippen LogP contribution in [0.5, 0.6) is 5.75 Å². The monoisotopic (exact) mass is 294 g/mol. The van der Waals surface area contributed by atoms with Gasteiger partial charge in [0.1, 0.15) is 11.8 Å². The number of ether oxygens (including phenoxy) is 1. The van der Waals surface area contributed by atoms with E-state index in [1.54, 1.807) is 18.2 Å². The Morgan fingerprint density at radius 2 is 2.05 bits per heavy atom. The van der Waals surface area contributed by atoms with E-state index in [0.29, 0.717) is 11.4 Å². The number of hydrogen-bond donors (Lipinski definition) is 2. The number of nitrogens with zero attached hydrogens (tertiary/aromatic N) is 1. The van der Waals surface area contributed by atoms with E-state index in [1.807, 2.05) is 19.9 Å². The van der Waals surface area contributed by atoms with E-state index in [-0.39, 0.29) is 6.10 Å². The third kappa shape index (κ3) is 4.98. The van der Waals surface area contributed by atoms with E-state index in [2.05, 4.69) is 5.32 Å². The van der Waals surface area contributed by atoms with Crippen LogP contribution in [0.25, 0.3) is 0 Å². The predicted molar refractivity (Wildman–Crippen MR) is 80.7 cm³/mol. The van der Waals surface area contributed by atoms with Gasteiger partial charge in [0.05, 0.1) is 6.10 Å². The molecule has 2 unspecified atom stereocenters. The zero-order valence-electron chi connectivity index (χ0n) is 12.8. The number of nitrogens with one attached hydrogen (secondary N) is 1. The number of amides is 2. The summed E-state index contributed by atoms with van der Waals surface area (Å²) in [6.07, 6.45) is 0.973. The fourth-order valence-corrected chi connectivity index (χ4v) is 1.52. The van der Waals surface area contributed by atoms with Gasteiger partial charge < -0.3 is 20.1 Å². The first-order chi connectivity index (χ1) is 9.85. The zero-order chi connectivity index (χ0) is 16.0. The molecule has 116 valence electrons. The fourth-order valence-electron chi connectivity index (χ4n) is 1.52. The largest absolute Gasteiger partial charge is 0.491 e. The molecule has 2 atom stereocenters. The van der Waals surface area contributed by atoms with Crippen molar-refractivity contribution in [3.8, 4) is 5.75 Å². The number of benzene rings is 1. The van der Waals surface area contributed by atoms with Crippen molar-refractivity contribution in [2.75, 3.05) is 12.4 Å². The number of carboxylic acid groups (broad SMARTS) is 1. The molecule has 0 fully saturated rings. The van der Waals surface area contributed by atoms with Crippen molar-refractivity contribution in [2.24, 2.45) is 0 Å². The van der Waals surface area contributed by atoms with Crippen molar-refractivity contribution < 1.29 is 19.4 Å². The molecule has 0 spiro atoms. The lowest BCUT2D eigenvalue weighted by atomic mass is 10.2. The molecular formula is C15H22N2O4. The first-order valence-electron chi connectivity index (χ1n) is 6.88. The predicted octanol–water partition coefficient (Wildman–Crippen LogP) is 2.80. The third-order valence-corrected chi connectivity index (χ3v) is 3.26. The second-order valence-corrected chi connectivity index (χ2v) is 4.92. The highest BCUT2D eigenvalue weighted by molar-refractivity contribution is 5.92. The molecule has 1 aromatic carbocycles. The van der Waals surface area contributed by atoms with Gasteiger partial charge in [0, 0.05) is 18.8 Å². The quantitative estimate of drug-likeness (QED) is 0.845. The second-order valence-electron chi connectivity index (χ2n) is 4.92. The maximum Gasteiger partial charge on any atom is 0.326 e. The number of anilines is 1. The smallest absolute Gasteiger partial charge is 0.326 e. The molecule has 0 radical (unpaired) electrons. The van der Waals surface area contributed by atoms with Gasteiger partial charge in [-0.3, -0.25) is 0 Å². The summed E-state index contributed by atoms with van der Waals surface area (Å²) in [4.78, 5) is 24.0. The van der Waals surface area contributed by atoms with Crippen LogP contribution in [0, 0.1) is 0 Å². The van der Waals surface area contributed by atoms with E-state index in [0.717, 1.165) is 11.3 Å². The van der Waals surface area contributed by atoms with Gasteiger partial charge in [-0.15, -0.1) is 0 Å². The number of rotatable bonds is 6. The van der Waals surface area contributed by atoms with Crippen molar-refractivity contribution in [2.45, 2.75) is 39.3 Å². The standard InChI is InChI=1S/C15H22N2O4/c1-5-10(2)21-13-8-6-7-12(9-13)16-15(20)17(4)11(3)14(18)19/h6-11H,5H2,1-4H3,(H,16,20)(H,18,19). The minimum absolute atomic E-state index is 0.0886. The Morgan fingerprint density at radius 3 is 2.62 bits per heavy atom. The highest BCUT2D eigenvalue weighted by atomic mass is 16.5. The highest BCUT2D eigenvalue weighted by Gasteiger charge is 2.21. The van der Waals surface area contributed by atoms with Crippen LogP contribution in [0.15, 0.2) is 24.3 Å². The van der Waals surface area contributed by atoms with E-state index >= 15 is 0 Å². The molecule has 0 saturated heterocycles. The summed E-state index contributed by atoms with van der Waals surface area (Å²) < 4.78 is 5.67. The maximum atomic E-state index is 12.0. The topological polar surface area (TPSA) is 78.9 Å². The molecule has 6 nitrogen and oxygen atoms in total. The Kier molecular flexibility index (Phi) is 6.02. The summed E-state index contributed by atoms with van der Waals surface area (Å²) >= 11 is 0. The van der Waals surface area contributed by atoms with E-state index in [9.17, 15) is 9.59 Å². The number of carbonyl (C=O) groups is 2. The van der Waals surface area contributed by atoms with Crippen LogP contribution in [-0.4, -0.2) is 41.2 Å². The minimum atomic E-state index is -1.05. The number of hydrogen-bond acceptors (Lipinski definition) is 3. The van der Waals surface area contributed by atoms with Gasteiger partial charge in [-0.25, -0.2) is 9.59 Å². The number of likely N-dealkylation sites (N-methyl/N-ethyl adjacent to an activating group) is 1. The van der Waals surface area contributed by atoms with Crippen molar-refractivity contribution in [1.82, 2.24) is 4.90 Å². The molecule has 1 aromatic rings. The van der Waals surface area contributed by atoms with Crippen LogP contribution in [0.3, 0.4) is 0 Å². The molecule has 21 heavy (non-hydrogen) atoms. The Bertz CT molecular complexity index is 504. The van der Waals surface area contributed by atoms with Crippen molar-refractivity contribution in [3.05, 3.63) is 24.3 Å². The fraction of sp³-hybridized carbons (Fsp3) is 0.467. The van der Waals surface area contributed by atoms with Gasteiger partial charge in [-0.05, 0) is 32.4 Å². The summed E-state index contributed by atoms with van der Waals surface area (Å²) in [6, 6.07) is 5.64. The molecule has 6 heteroatoms. The molecule has 0 aliphatic rings. The molecular weight excluding hydrogens is 272 g/mol. The van der Waals surface area contributed by atoms with E-state index < -0.39 is 18.0 Å². The van der Waals surface area contributed by atoms with E-state index in [1.165, 1.54) is 14.0 Å². The molecule has 0 aliphatic carbocycles. The lowest BCUT2D eigenvalue weighted by molar-refractivity contribution is -0.141. The minimum Gasteiger partial charge on any atom is -0.491 e. The van der Waals surface area contributed by atoms with Crippen LogP contribution >= 0.6 is 0 Å². The maximum absolute atomic E-state index is 12.0. The molecule has 2 N–H and O–H groups in total. The lowest BCUT2D eigenvalue weighted by Crippen LogP contribution is -2.42. The lowest BCUT2D eigenvalue weighted by Gasteiger charge is -2.22. The van der Waals surface area contributed by atoms with Gasteiger partial charge in [0.15, 0.2) is 0 Å². The number of carboxylic acids is 1. The van der Waals surface area contributed by atoms with Crippen molar-refractivity contribution in [3.63, 3.8) is 0 Å². The van der Waals surface area contributed by atoms with Crippen molar-refractivity contribution in [1.29, 1.82) is 0 Å². The average Bonchev–Trinajstić information content (AvgIpc) is 2.45. The number of urea groups is 1. The summed E-state index contributed by atoms with van der Waals surface area (Å²) in [5.74, 6) is -0.391. The SMILES string of the molecule is CCC(C)Oc1cccc(NC(=O)N(C)C(C)C(=O)O)c1. The first kappa shape index (κ1) is 16.8. The average molecular weight is 294 g/mol. The summed E-state index contributed by atoms with van der Waals surface area (Å²) in [6.45, 7) is 5.44. The van der Waals surface area contributed by atoms with Gasteiger partial charge in [0.2, 0.25) is 0 Å². The Morgan fingerprint density at radius 1 is 1.38 bits per heavy atom. The molecule has 1 rings (SSSR count). The molecule has 0 bridgehead atoms.